The van der Waals surface area contributed by atoms with Crippen LogP contribution in [0.1, 0.15) is 13.8 Å². The van der Waals surface area contributed by atoms with E-state index in [9.17, 15) is 30.7 Å². The van der Waals surface area contributed by atoms with Gasteiger partial charge in [0.1, 0.15) is 4.45 Å². The Morgan fingerprint density at radius 3 is 1.91 bits per heavy atom. The fourth-order valence-electron chi connectivity index (χ4n) is 2.29. The predicted molar refractivity (Wildman–Crippen MR) is 80.2 cm³/mol. The molecule has 1 aliphatic heterocycles. The van der Waals surface area contributed by atoms with Crippen molar-refractivity contribution in [2.75, 3.05) is 13.3 Å². The summed E-state index contributed by atoms with van der Waals surface area (Å²) in [5.41, 5.74) is -6.84. The molecule has 0 bridgehead atoms. The molecule has 1 nitrogen and oxygen atoms in total. The molecule has 0 fully saturated rings. The third kappa shape index (κ3) is 3.25. The van der Waals surface area contributed by atoms with Crippen molar-refractivity contribution in [3.8, 4) is 0 Å². The van der Waals surface area contributed by atoms with E-state index in [0.29, 0.717) is 11.0 Å². The third-order valence-corrected chi connectivity index (χ3v) is 6.54. The average Bonchev–Trinajstić information content (AvgIpc) is 2.38. The summed E-state index contributed by atoms with van der Waals surface area (Å²) < 4.78 is 91.1. The van der Waals surface area contributed by atoms with E-state index in [1.54, 1.807) is 13.2 Å². The van der Waals surface area contributed by atoms with Gasteiger partial charge in [-0.25, -0.2) is 4.39 Å². The smallest absolute Gasteiger partial charge is 0.355 e. The lowest BCUT2D eigenvalue weighted by Gasteiger charge is -2.47. The van der Waals surface area contributed by atoms with Gasteiger partial charge in [-0.15, -0.1) is 0 Å². The molecule has 1 heterocycles. The summed E-state index contributed by atoms with van der Waals surface area (Å²) >= 11 is 4.40. The van der Waals surface area contributed by atoms with Crippen molar-refractivity contribution in [1.82, 2.24) is 4.90 Å². The van der Waals surface area contributed by atoms with E-state index in [4.69, 9.17) is 0 Å². The maximum absolute atomic E-state index is 14.4. The molecule has 0 aromatic heterocycles. The summed E-state index contributed by atoms with van der Waals surface area (Å²) in [6.45, 7) is 2.94. The zero-order chi connectivity index (χ0) is 18.4. The molecule has 0 aliphatic carbocycles. The molecule has 1 aliphatic rings. The second kappa shape index (κ2) is 6.16. The topological polar surface area (TPSA) is 3.24 Å². The first-order valence-corrected chi connectivity index (χ1v) is 8.40. The van der Waals surface area contributed by atoms with Crippen molar-refractivity contribution >= 4 is 27.7 Å². The van der Waals surface area contributed by atoms with Crippen LogP contribution in [0.5, 0.6) is 0 Å². The molecule has 2 atom stereocenters. The first-order chi connectivity index (χ1) is 10.1. The van der Waals surface area contributed by atoms with Crippen LogP contribution in [0.2, 0.25) is 0 Å². The Bertz CT molecular complexity index is 511. The molecule has 0 saturated carbocycles. The summed E-state index contributed by atoms with van der Waals surface area (Å²) in [6.07, 6.45) is -8.59. The SMILES string of the molecule is CSC(C)C1(Br)C=C(C)C=C(C(F)(C(F)(F)F)C(F)(F)F)N1C. The highest BCUT2D eigenvalue weighted by molar-refractivity contribution is 9.10. The van der Waals surface area contributed by atoms with Crippen LogP contribution in [0, 0.1) is 0 Å². The molecule has 0 saturated heterocycles. The van der Waals surface area contributed by atoms with Gasteiger partial charge in [0, 0.05) is 12.3 Å². The number of rotatable bonds is 3. The summed E-state index contributed by atoms with van der Waals surface area (Å²) in [7, 11) is 1.00. The molecular weight excluding hydrogens is 415 g/mol. The second-order valence-electron chi connectivity index (χ2n) is 5.24. The molecule has 0 N–H and O–H groups in total. The largest absolute Gasteiger partial charge is 0.437 e. The molecule has 10 heteroatoms. The van der Waals surface area contributed by atoms with E-state index in [2.05, 4.69) is 15.9 Å². The summed E-state index contributed by atoms with van der Waals surface area (Å²) in [6, 6.07) is 0. The van der Waals surface area contributed by atoms with E-state index in [-0.39, 0.29) is 5.57 Å². The molecule has 2 unspecified atom stereocenters. The molecule has 0 spiro atoms. The number of hydrogen-bond acceptors (Lipinski definition) is 2. The number of likely N-dealkylation sites (N-methyl/N-ethyl adjacent to an activating group) is 1. The first-order valence-electron chi connectivity index (χ1n) is 6.32. The summed E-state index contributed by atoms with van der Waals surface area (Å²) in [5.74, 6) is 0. The Kier molecular flexibility index (Phi) is 5.54. The molecule has 134 valence electrons. The van der Waals surface area contributed by atoms with Gasteiger partial charge in [-0.05, 0) is 32.3 Å². The Balaban J connectivity index is 3.60. The van der Waals surface area contributed by atoms with Gasteiger partial charge in [0.25, 0.3) is 0 Å². The van der Waals surface area contributed by atoms with Gasteiger partial charge >= 0.3 is 18.0 Å². The van der Waals surface area contributed by atoms with Crippen molar-refractivity contribution in [1.29, 1.82) is 0 Å². The van der Waals surface area contributed by atoms with E-state index < -0.39 is 33.4 Å². The third-order valence-electron chi connectivity index (χ3n) is 3.73. The van der Waals surface area contributed by atoms with Crippen molar-refractivity contribution in [2.24, 2.45) is 0 Å². The van der Waals surface area contributed by atoms with Crippen molar-refractivity contribution in [3.05, 3.63) is 23.4 Å². The van der Waals surface area contributed by atoms with Gasteiger partial charge in [-0.2, -0.15) is 38.1 Å². The van der Waals surface area contributed by atoms with Crippen LogP contribution in [0.25, 0.3) is 0 Å². The van der Waals surface area contributed by atoms with Gasteiger partial charge in [0.2, 0.25) is 0 Å². The summed E-state index contributed by atoms with van der Waals surface area (Å²) in [5, 5.41) is -0.447. The Morgan fingerprint density at radius 2 is 1.57 bits per heavy atom. The summed E-state index contributed by atoms with van der Waals surface area (Å²) in [4.78, 5) is 0.655. The monoisotopic (exact) mass is 429 g/mol. The Morgan fingerprint density at radius 1 is 1.13 bits per heavy atom. The minimum Gasteiger partial charge on any atom is -0.355 e. The first kappa shape index (κ1) is 20.7. The van der Waals surface area contributed by atoms with Crippen LogP contribution in [-0.2, 0) is 0 Å². The van der Waals surface area contributed by atoms with Crippen LogP contribution in [0.15, 0.2) is 23.4 Å². The molecular formula is C13H15BrF7NS. The molecule has 0 aromatic rings. The second-order valence-corrected chi connectivity index (χ2v) is 7.69. The minimum atomic E-state index is -6.14. The van der Waals surface area contributed by atoms with Crippen LogP contribution >= 0.6 is 27.7 Å². The molecule has 23 heavy (non-hydrogen) atoms. The molecule has 0 radical (unpaired) electrons. The van der Waals surface area contributed by atoms with Crippen LogP contribution in [0.4, 0.5) is 30.7 Å². The van der Waals surface area contributed by atoms with Gasteiger partial charge in [0.15, 0.2) is 0 Å². The van der Waals surface area contributed by atoms with Crippen LogP contribution < -0.4 is 0 Å². The van der Waals surface area contributed by atoms with E-state index in [1.165, 1.54) is 24.8 Å². The minimum absolute atomic E-state index is 0.103. The van der Waals surface area contributed by atoms with E-state index >= 15 is 0 Å². The fraction of sp³-hybridized carbons (Fsp3) is 0.692. The van der Waals surface area contributed by atoms with Crippen LogP contribution in [-0.4, -0.2) is 45.9 Å². The number of allylic oxidation sites excluding steroid dienone is 3. The number of nitrogens with zero attached hydrogens (tertiary/aromatic N) is 1. The lowest BCUT2D eigenvalue weighted by atomic mass is 9.92. The number of halogens is 8. The van der Waals surface area contributed by atoms with Crippen LogP contribution in [0.3, 0.4) is 0 Å². The quantitative estimate of drug-likeness (QED) is 0.334. The van der Waals surface area contributed by atoms with Crippen molar-refractivity contribution < 1.29 is 30.7 Å². The fourth-order valence-corrected chi connectivity index (χ4v) is 3.96. The molecule has 0 aromatic carbocycles. The standard InChI is InChI=1S/C13H15BrF7NS/c1-7-5-9(11(15,12(16,17)18)13(19,20)21)22(3)10(14,6-7)8(2)23-4/h5-6,8H,1-4H3. The molecule has 0 amide bonds. The number of alkyl halides is 8. The highest BCUT2D eigenvalue weighted by atomic mass is 79.9. The number of thioether (sulfide) groups is 1. The number of hydrogen-bond donors (Lipinski definition) is 0. The predicted octanol–water partition coefficient (Wildman–Crippen LogP) is 5.44. The Hall–Kier alpha value is -0.380. The van der Waals surface area contributed by atoms with Crippen molar-refractivity contribution in [3.63, 3.8) is 0 Å². The Labute approximate surface area is 142 Å². The average molecular weight is 430 g/mol. The zero-order valence-corrected chi connectivity index (χ0v) is 15.0. The van der Waals surface area contributed by atoms with E-state index in [1.807, 2.05) is 0 Å². The highest BCUT2D eigenvalue weighted by Crippen LogP contribution is 2.54. The van der Waals surface area contributed by atoms with Gasteiger partial charge in [-0.1, -0.05) is 21.5 Å². The highest BCUT2D eigenvalue weighted by Gasteiger charge is 2.76. The van der Waals surface area contributed by atoms with Gasteiger partial charge in [-0.3, -0.25) is 0 Å². The normalized spacial score (nSPS) is 25.1. The lowest BCUT2D eigenvalue weighted by Crippen LogP contribution is -2.61. The zero-order valence-electron chi connectivity index (χ0n) is 12.6. The van der Waals surface area contributed by atoms with E-state index in [0.717, 1.165) is 7.05 Å². The maximum atomic E-state index is 14.4. The lowest BCUT2D eigenvalue weighted by molar-refractivity contribution is -0.331. The van der Waals surface area contributed by atoms with Gasteiger partial charge in [0.05, 0.1) is 5.70 Å². The van der Waals surface area contributed by atoms with Gasteiger partial charge < -0.3 is 4.90 Å². The molecule has 1 rings (SSSR count). The maximum Gasteiger partial charge on any atom is 0.437 e. The van der Waals surface area contributed by atoms with Crippen molar-refractivity contribution in [2.45, 2.75) is 41.6 Å².